The Kier molecular flexibility index (Phi) is 4.69. The standard InChI is InChI=1S/C23H21NO3S/c1-17-8-11-22(12-9-17)28(25,26)24-16-20(18-6-4-3-5-7-18)14-19-15-21(27-2)10-13-23(19)24/h3-15H,16H2,1-2H3. The molecule has 0 unspecified atom stereocenters. The first-order valence-electron chi connectivity index (χ1n) is 9.02. The van der Waals surface area contributed by atoms with Gasteiger partial charge in [0.15, 0.2) is 0 Å². The van der Waals surface area contributed by atoms with Crippen LogP contribution in [-0.2, 0) is 10.0 Å². The van der Waals surface area contributed by atoms with E-state index in [1.54, 1.807) is 31.4 Å². The minimum absolute atomic E-state index is 0.277. The molecule has 0 atom stereocenters. The Hall–Kier alpha value is -3.05. The molecule has 28 heavy (non-hydrogen) atoms. The Morgan fingerprint density at radius 1 is 0.929 bits per heavy atom. The summed E-state index contributed by atoms with van der Waals surface area (Å²) in [5.41, 5.74) is 4.44. The third-order valence-corrected chi connectivity index (χ3v) is 6.67. The number of aryl methyl sites for hydroxylation is 1. The zero-order valence-corrected chi connectivity index (χ0v) is 16.6. The number of anilines is 1. The van der Waals surface area contributed by atoms with Crippen LogP contribution in [0.5, 0.6) is 5.75 Å². The van der Waals surface area contributed by atoms with Crippen LogP contribution < -0.4 is 9.04 Å². The third-order valence-electron chi connectivity index (χ3n) is 4.90. The molecule has 0 fully saturated rings. The largest absolute Gasteiger partial charge is 0.497 e. The van der Waals surface area contributed by atoms with Crippen molar-refractivity contribution < 1.29 is 13.2 Å². The zero-order valence-electron chi connectivity index (χ0n) is 15.8. The van der Waals surface area contributed by atoms with Crippen molar-refractivity contribution in [1.82, 2.24) is 0 Å². The van der Waals surface area contributed by atoms with Gasteiger partial charge in [0.25, 0.3) is 10.0 Å². The second-order valence-corrected chi connectivity index (χ2v) is 8.65. The van der Waals surface area contributed by atoms with Gasteiger partial charge in [-0.2, -0.15) is 0 Å². The molecule has 1 heterocycles. The van der Waals surface area contributed by atoms with Crippen molar-refractivity contribution >= 4 is 27.4 Å². The lowest BCUT2D eigenvalue weighted by molar-refractivity contribution is 0.414. The van der Waals surface area contributed by atoms with Gasteiger partial charge in [-0.1, -0.05) is 48.0 Å². The molecule has 0 radical (unpaired) electrons. The van der Waals surface area contributed by atoms with Crippen LogP contribution in [0.15, 0.2) is 77.7 Å². The summed E-state index contributed by atoms with van der Waals surface area (Å²) in [7, 11) is -2.10. The summed E-state index contributed by atoms with van der Waals surface area (Å²) in [6.45, 7) is 2.22. The van der Waals surface area contributed by atoms with E-state index in [0.717, 1.165) is 22.3 Å². The second kappa shape index (κ2) is 7.17. The van der Waals surface area contributed by atoms with Crippen LogP contribution in [0, 0.1) is 6.92 Å². The molecular formula is C23H21NO3S. The molecule has 3 aromatic carbocycles. The number of ether oxygens (including phenoxy) is 1. The summed E-state index contributed by atoms with van der Waals surface area (Å²) in [4.78, 5) is 0.286. The van der Waals surface area contributed by atoms with E-state index in [-0.39, 0.29) is 11.4 Å². The van der Waals surface area contributed by atoms with E-state index in [2.05, 4.69) is 0 Å². The highest BCUT2D eigenvalue weighted by molar-refractivity contribution is 7.92. The summed E-state index contributed by atoms with van der Waals surface area (Å²) in [5, 5.41) is 0. The van der Waals surface area contributed by atoms with Crippen LogP contribution in [-0.4, -0.2) is 22.1 Å². The van der Waals surface area contributed by atoms with E-state index in [1.807, 2.05) is 61.5 Å². The van der Waals surface area contributed by atoms with Gasteiger partial charge in [0.05, 0.1) is 24.2 Å². The molecule has 0 amide bonds. The molecule has 4 rings (SSSR count). The van der Waals surface area contributed by atoms with Gasteiger partial charge in [-0.3, -0.25) is 4.31 Å². The molecule has 0 aliphatic carbocycles. The predicted molar refractivity (Wildman–Crippen MR) is 113 cm³/mol. The maximum absolute atomic E-state index is 13.5. The Balaban J connectivity index is 1.86. The Bertz CT molecular complexity index is 1130. The van der Waals surface area contributed by atoms with Crippen LogP contribution in [0.4, 0.5) is 5.69 Å². The average molecular weight is 391 g/mol. The van der Waals surface area contributed by atoms with Crippen LogP contribution in [0.3, 0.4) is 0 Å². The van der Waals surface area contributed by atoms with Crippen LogP contribution in [0.25, 0.3) is 11.6 Å². The Morgan fingerprint density at radius 3 is 2.32 bits per heavy atom. The summed E-state index contributed by atoms with van der Waals surface area (Å²) < 4.78 is 33.7. The number of benzene rings is 3. The van der Waals surface area contributed by atoms with Gasteiger partial charge in [0.2, 0.25) is 0 Å². The smallest absolute Gasteiger partial charge is 0.264 e. The first-order valence-corrected chi connectivity index (χ1v) is 10.5. The number of rotatable bonds is 4. The van der Waals surface area contributed by atoms with Crippen molar-refractivity contribution in [3.8, 4) is 5.75 Å². The molecule has 1 aliphatic rings. The van der Waals surface area contributed by atoms with Crippen LogP contribution in [0.1, 0.15) is 16.7 Å². The van der Waals surface area contributed by atoms with E-state index in [9.17, 15) is 8.42 Å². The zero-order chi connectivity index (χ0) is 19.7. The fourth-order valence-corrected chi connectivity index (χ4v) is 4.82. The normalized spacial score (nSPS) is 13.6. The maximum Gasteiger partial charge on any atom is 0.264 e. The number of hydrogen-bond donors (Lipinski definition) is 0. The fourth-order valence-electron chi connectivity index (χ4n) is 3.35. The summed E-state index contributed by atoms with van der Waals surface area (Å²) in [6, 6.07) is 22.3. The van der Waals surface area contributed by atoms with Gasteiger partial charge in [-0.05, 0) is 54.5 Å². The van der Waals surface area contributed by atoms with Crippen molar-refractivity contribution in [1.29, 1.82) is 0 Å². The van der Waals surface area contributed by atoms with E-state index >= 15 is 0 Å². The third kappa shape index (κ3) is 3.29. The second-order valence-electron chi connectivity index (χ2n) is 6.79. The molecule has 0 aromatic heterocycles. The summed E-state index contributed by atoms with van der Waals surface area (Å²) in [5.74, 6) is 0.692. The highest BCUT2D eigenvalue weighted by Crippen LogP contribution is 2.38. The lowest BCUT2D eigenvalue weighted by atomic mass is 9.98. The first kappa shape index (κ1) is 18.3. The Morgan fingerprint density at radius 2 is 1.64 bits per heavy atom. The van der Waals surface area contributed by atoms with Crippen molar-refractivity contribution in [2.75, 3.05) is 18.0 Å². The number of sulfonamides is 1. The van der Waals surface area contributed by atoms with Gasteiger partial charge in [0, 0.05) is 5.56 Å². The first-order chi connectivity index (χ1) is 13.5. The number of fused-ring (bicyclic) bond motifs is 1. The predicted octanol–water partition coefficient (Wildman–Crippen LogP) is 4.75. The van der Waals surface area contributed by atoms with Crippen molar-refractivity contribution in [3.63, 3.8) is 0 Å². The Labute approximate surface area is 165 Å². The quantitative estimate of drug-likeness (QED) is 0.645. The fraction of sp³-hybridized carbons (Fsp3) is 0.130. The summed E-state index contributed by atoms with van der Waals surface area (Å²) in [6.07, 6.45) is 2.04. The molecule has 1 aliphatic heterocycles. The van der Waals surface area contributed by atoms with Crippen molar-refractivity contribution in [2.45, 2.75) is 11.8 Å². The van der Waals surface area contributed by atoms with Gasteiger partial charge < -0.3 is 4.74 Å². The van der Waals surface area contributed by atoms with Crippen molar-refractivity contribution in [2.24, 2.45) is 0 Å². The van der Waals surface area contributed by atoms with Crippen molar-refractivity contribution in [3.05, 3.63) is 89.5 Å². The van der Waals surface area contributed by atoms with E-state index in [1.165, 1.54) is 4.31 Å². The molecule has 4 nitrogen and oxygen atoms in total. The van der Waals surface area contributed by atoms with E-state index in [0.29, 0.717) is 11.4 Å². The molecule has 0 N–H and O–H groups in total. The molecule has 3 aromatic rings. The topological polar surface area (TPSA) is 46.6 Å². The molecule has 0 bridgehead atoms. The molecule has 0 spiro atoms. The minimum Gasteiger partial charge on any atom is -0.497 e. The molecule has 142 valence electrons. The number of methoxy groups -OCH3 is 1. The van der Waals surface area contributed by atoms with E-state index < -0.39 is 10.0 Å². The van der Waals surface area contributed by atoms with Crippen LogP contribution >= 0.6 is 0 Å². The summed E-state index contributed by atoms with van der Waals surface area (Å²) >= 11 is 0. The van der Waals surface area contributed by atoms with Gasteiger partial charge in [-0.15, -0.1) is 0 Å². The molecule has 0 saturated heterocycles. The van der Waals surface area contributed by atoms with Gasteiger partial charge >= 0.3 is 0 Å². The minimum atomic E-state index is -3.70. The monoisotopic (exact) mass is 391 g/mol. The SMILES string of the molecule is COc1ccc2c(c1)C=C(c1ccccc1)CN2S(=O)(=O)c1ccc(C)cc1. The highest BCUT2D eigenvalue weighted by atomic mass is 32.2. The molecule has 5 heteroatoms. The maximum atomic E-state index is 13.5. The lowest BCUT2D eigenvalue weighted by Crippen LogP contribution is -2.34. The van der Waals surface area contributed by atoms with Gasteiger partial charge in [0.1, 0.15) is 5.75 Å². The van der Waals surface area contributed by atoms with Gasteiger partial charge in [-0.25, -0.2) is 8.42 Å². The molecular weight excluding hydrogens is 370 g/mol. The van der Waals surface area contributed by atoms with E-state index in [4.69, 9.17) is 4.74 Å². The number of hydrogen-bond acceptors (Lipinski definition) is 3. The highest BCUT2D eigenvalue weighted by Gasteiger charge is 2.30. The average Bonchev–Trinajstić information content (AvgIpc) is 2.73. The van der Waals surface area contributed by atoms with Crippen LogP contribution in [0.2, 0.25) is 0 Å². The number of nitrogens with zero attached hydrogens (tertiary/aromatic N) is 1. The lowest BCUT2D eigenvalue weighted by Gasteiger charge is -2.31. The molecule has 0 saturated carbocycles.